The van der Waals surface area contributed by atoms with Crippen molar-refractivity contribution < 1.29 is 18.7 Å². The Morgan fingerprint density at radius 2 is 2.06 bits per heavy atom. The van der Waals surface area contributed by atoms with Crippen molar-refractivity contribution in [3.8, 4) is 5.75 Å². The van der Waals surface area contributed by atoms with Gasteiger partial charge >= 0.3 is 0 Å². The summed E-state index contributed by atoms with van der Waals surface area (Å²) in [5.41, 5.74) is 2.04. The minimum Gasteiger partial charge on any atom is -0.491 e. The van der Waals surface area contributed by atoms with Gasteiger partial charge in [-0.1, -0.05) is 17.7 Å². The third kappa shape index (κ3) is 5.36. The average Bonchev–Trinajstić information content (AvgIpc) is 3.66. The molecule has 0 N–H and O–H groups in total. The highest BCUT2D eigenvalue weighted by Gasteiger charge is 2.34. The van der Waals surface area contributed by atoms with E-state index in [1.165, 1.54) is 16.2 Å². The van der Waals surface area contributed by atoms with Gasteiger partial charge in [0.05, 0.1) is 23.7 Å². The number of carbonyl (C=O) groups is 2. The van der Waals surface area contributed by atoms with Crippen LogP contribution in [0.3, 0.4) is 0 Å². The van der Waals surface area contributed by atoms with Crippen LogP contribution in [0.15, 0.2) is 70.0 Å². The molecule has 6 nitrogen and oxygen atoms in total. The third-order valence-electron chi connectivity index (χ3n) is 6.22. The van der Waals surface area contributed by atoms with Gasteiger partial charge in [0.15, 0.2) is 0 Å². The van der Waals surface area contributed by atoms with Crippen molar-refractivity contribution in [1.29, 1.82) is 0 Å². The number of hydrogen-bond acceptors (Lipinski definition) is 6. The topological polar surface area (TPSA) is 63.0 Å². The normalized spacial score (nSPS) is 14.9. The summed E-state index contributed by atoms with van der Waals surface area (Å²) in [6, 6.07) is 14.6. The largest absolute Gasteiger partial charge is 0.491 e. The van der Waals surface area contributed by atoms with Crippen LogP contribution in [-0.2, 0) is 17.8 Å². The van der Waals surface area contributed by atoms with E-state index in [2.05, 4.69) is 11.4 Å². The Labute approximate surface area is 222 Å². The fourth-order valence-corrected chi connectivity index (χ4v) is 6.09. The highest BCUT2D eigenvalue weighted by atomic mass is 35.5. The van der Waals surface area contributed by atoms with Gasteiger partial charge in [0.2, 0.25) is 5.91 Å². The van der Waals surface area contributed by atoms with Crippen LogP contribution in [-0.4, -0.2) is 41.3 Å². The molecule has 3 aromatic heterocycles. The first-order chi connectivity index (χ1) is 17.5. The maximum atomic E-state index is 13.7. The minimum absolute atomic E-state index is 0.0482. The molecule has 4 heterocycles. The van der Waals surface area contributed by atoms with Crippen molar-refractivity contribution in [2.75, 3.05) is 19.7 Å². The SMILES string of the molecule is Cc1cc(OC[C@@H]2c3ccsc3CCN2C(=O)CN(Cc2ccco2)C(=O)c2cccs2)ccc1Cl. The maximum Gasteiger partial charge on any atom is 0.264 e. The molecular formula is C27H25ClN2O4S2. The second kappa shape index (κ2) is 10.9. The first kappa shape index (κ1) is 24.6. The van der Waals surface area contributed by atoms with E-state index in [1.807, 2.05) is 47.5 Å². The number of carbonyl (C=O) groups excluding carboxylic acids is 2. The fourth-order valence-electron chi connectivity index (χ4n) is 4.36. The maximum absolute atomic E-state index is 13.7. The number of amides is 2. The van der Waals surface area contributed by atoms with E-state index < -0.39 is 0 Å². The zero-order valence-corrected chi connectivity index (χ0v) is 22.1. The quantitative estimate of drug-likeness (QED) is 0.266. The molecule has 36 heavy (non-hydrogen) atoms. The molecule has 5 rings (SSSR count). The Morgan fingerprint density at radius 3 is 2.81 bits per heavy atom. The van der Waals surface area contributed by atoms with Crippen LogP contribution in [0.1, 0.15) is 37.5 Å². The number of rotatable bonds is 8. The Kier molecular flexibility index (Phi) is 7.46. The van der Waals surface area contributed by atoms with Crippen LogP contribution >= 0.6 is 34.3 Å². The summed E-state index contributed by atoms with van der Waals surface area (Å²) in [5, 5.41) is 4.60. The highest BCUT2D eigenvalue weighted by molar-refractivity contribution is 7.12. The summed E-state index contributed by atoms with van der Waals surface area (Å²) >= 11 is 9.23. The van der Waals surface area contributed by atoms with Crippen LogP contribution in [0.5, 0.6) is 5.75 Å². The number of aryl methyl sites for hydroxylation is 1. The number of furan rings is 1. The van der Waals surface area contributed by atoms with E-state index in [0.717, 1.165) is 17.5 Å². The molecule has 0 unspecified atom stereocenters. The molecule has 1 aliphatic rings. The van der Waals surface area contributed by atoms with Crippen molar-refractivity contribution >= 4 is 46.1 Å². The summed E-state index contributed by atoms with van der Waals surface area (Å²) in [4.78, 5) is 32.2. The van der Waals surface area contributed by atoms with E-state index in [9.17, 15) is 9.59 Å². The van der Waals surface area contributed by atoms with Gasteiger partial charge in [-0.25, -0.2) is 0 Å². The lowest BCUT2D eigenvalue weighted by molar-refractivity contribution is -0.135. The Bertz CT molecular complexity index is 1330. The van der Waals surface area contributed by atoms with E-state index in [1.54, 1.807) is 34.6 Å². The average molecular weight is 541 g/mol. The van der Waals surface area contributed by atoms with E-state index >= 15 is 0 Å². The fraction of sp³-hybridized carbons (Fsp3) is 0.259. The molecule has 1 atom stereocenters. The van der Waals surface area contributed by atoms with Gasteiger partial charge in [-0.05, 0) is 77.7 Å². The minimum atomic E-state index is -0.245. The van der Waals surface area contributed by atoms with Crippen molar-refractivity contribution in [3.05, 3.63) is 97.2 Å². The van der Waals surface area contributed by atoms with Crippen molar-refractivity contribution in [1.82, 2.24) is 9.80 Å². The molecule has 0 saturated carbocycles. The lowest BCUT2D eigenvalue weighted by atomic mass is 10.0. The smallest absolute Gasteiger partial charge is 0.264 e. The summed E-state index contributed by atoms with van der Waals surface area (Å²) in [7, 11) is 0. The van der Waals surface area contributed by atoms with Crippen molar-refractivity contribution in [3.63, 3.8) is 0 Å². The summed E-state index contributed by atoms with van der Waals surface area (Å²) in [5.74, 6) is 1.03. The zero-order chi connectivity index (χ0) is 25.1. The van der Waals surface area contributed by atoms with Gasteiger partial charge in [0.1, 0.15) is 24.7 Å². The van der Waals surface area contributed by atoms with E-state index in [0.29, 0.717) is 34.6 Å². The van der Waals surface area contributed by atoms with Gasteiger partial charge in [-0.3, -0.25) is 9.59 Å². The summed E-state index contributed by atoms with van der Waals surface area (Å²) < 4.78 is 11.6. The summed E-state index contributed by atoms with van der Waals surface area (Å²) in [6.07, 6.45) is 2.35. The molecule has 1 aliphatic heterocycles. The van der Waals surface area contributed by atoms with E-state index in [-0.39, 0.29) is 30.9 Å². The molecule has 0 aliphatic carbocycles. The first-order valence-electron chi connectivity index (χ1n) is 11.6. The van der Waals surface area contributed by atoms with Gasteiger partial charge in [0, 0.05) is 16.4 Å². The lowest BCUT2D eigenvalue weighted by Gasteiger charge is -2.37. The van der Waals surface area contributed by atoms with Gasteiger partial charge in [-0.15, -0.1) is 22.7 Å². The molecule has 4 aromatic rings. The molecule has 9 heteroatoms. The number of hydrogen-bond donors (Lipinski definition) is 0. The monoisotopic (exact) mass is 540 g/mol. The number of benzene rings is 1. The van der Waals surface area contributed by atoms with Gasteiger partial charge in [0.25, 0.3) is 5.91 Å². The molecule has 2 amide bonds. The molecule has 0 saturated heterocycles. The van der Waals surface area contributed by atoms with Crippen molar-refractivity contribution in [2.45, 2.75) is 25.9 Å². The second-order valence-electron chi connectivity index (χ2n) is 8.59. The van der Waals surface area contributed by atoms with Crippen LogP contribution in [0.4, 0.5) is 0 Å². The van der Waals surface area contributed by atoms with Crippen LogP contribution in [0, 0.1) is 6.92 Å². The van der Waals surface area contributed by atoms with Crippen molar-refractivity contribution in [2.24, 2.45) is 0 Å². The lowest BCUT2D eigenvalue weighted by Crippen LogP contribution is -2.47. The number of ether oxygens (including phenoxy) is 1. The predicted molar refractivity (Wildman–Crippen MR) is 142 cm³/mol. The Balaban J connectivity index is 1.36. The Hall–Kier alpha value is -3.07. The number of thiophene rings is 2. The molecule has 0 radical (unpaired) electrons. The third-order valence-corrected chi connectivity index (χ3v) is 8.50. The van der Waals surface area contributed by atoms with Crippen LogP contribution < -0.4 is 4.74 Å². The molecule has 0 spiro atoms. The van der Waals surface area contributed by atoms with Gasteiger partial charge in [-0.2, -0.15) is 0 Å². The number of fused-ring (bicyclic) bond motifs is 1. The highest BCUT2D eigenvalue weighted by Crippen LogP contribution is 2.34. The Morgan fingerprint density at radius 1 is 1.17 bits per heavy atom. The number of nitrogens with zero attached hydrogens (tertiary/aromatic N) is 2. The molecule has 0 fully saturated rings. The second-order valence-corrected chi connectivity index (χ2v) is 10.9. The molecular weight excluding hydrogens is 516 g/mol. The number of halogens is 1. The first-order valence-corrected chi connectivity index (χ1v) is 13.7. The van der Waals surface area contributed by atoms with E-state index in [4.69, 9.17) is 20.8 Å². The van der Waals surface area contributed by atoms with Crippen LogP contribution in [0.2, 0.25) is 5.02 Å². The predicted octanol–water partition coefficient (Wildman–Crippen LogP) is 6.21. The van der Waals surface area contributed by atoms with Crippen LogP contribution in [0.25, 0.3) is 0 Å². The molecule has 186 valence electrons. The standard InChI is InChI=1S/C27H25ClN2O4S2/c1-18-14-19(6-7-22(18)28)34-17-23-21-9-13-36-24(21)8-10-30(23)26(31)16-29(15-20-4-2-11-33-20)27(32)25-5-3-12-35-25/h2-7,9,11-14,23H,8,10,15-17H2,1H3/t23-/m1/s1. The molecule has 0 bridgehead atoms. The van der Waals surface area contributed by atoms with Gasteiger partial charge < -0.3 is 19.0 Å². The molecule has 1 aromatic carbocycles. The summed E-state index contributed by atoms with van der Waals surface area (Å²) in [6.45, 7) is 2.99. The zero-order valence-electron chi connectivity index (χ0n) is 19.7.